The molecule has 2 fully saturated rings. The quantitative estimate of drug-likeness (QED) is 0.797. The van der Waals surface area contributed by atoms with Gasteiger partial charge in [-0.3, -0.25) is 4.98 Å². The summed E-state index contributed by atoms with van der Waals surface area (Å²) in [6.45, 7) is 1.21. The van der Waals surface area contributed by atoms with Gasteiger partial charge in [-0.25, -0.2) is 0 Å². The van der Waals surface area contributed by atoms with Crippen LogP contribution >= 0.6 is 0 Å². The van der Waals surface area contributed by atoms with E-state index in [1.165, 1.54) is 37.8 Å². The molecule has 0 radical (unpaired) electrons. The molecule has 2 nitrogen and oxygen atoms in total. The van der Waals surface area contributed by atoms with Crippen molar-refractivity contribution in [2.45, 2.75) is 31.7 Å². The van der Waals surface area contributed by atoms with Gasteiger partial charge in [0.05, 0.1) is 0 Å². The molecule has 2 heteroatoms. The van der Waals surface area contributed by atoms with E-state index in [1.807, 2.05) is 18.5 Å². The van der Waals surface area contributed by atoms with Crippen LogP contribution in [0.3, 0.4) is 0 Å². The Morgan fingerprint density at radius 2 is 2.20 bits per heavy atom. The summed E-state index contributed by atoms with van der Waals surface area (Å²) >= 11 is 0. The zero-order chi connectivity index (χ0) is 10.1. The van der Waals surface area contributed by atoms with Crippen LogP contribution in [0.15, 0.2) is 24.5 Å². The lowest BCUT2D eigenvalue weighted by atomic mass is 9.75. The maximum atomic E-state index is 4.19. The van der Waals surface area contributed by atoms with Crippen LogP contribution in [0, 0.1) is 11.8 Å². The summed E-state index contributed by atoms with van der Waals surface area (Å²) in [6.07, 6.45) is 9.55. The lowest BCUT2D eigenvalue weighted by molar-refractivity contribution is 0.217. The standard InChI is InChI=1S/C13H18N2/c1-3-10(4-1)12-7-13(15-9-12)11-5-2-6-14-8-11/h2,5-6,8,10,12-13,15H,1,3-4,7,9H2. The van der Waals surface area contributed by atoms with E-state index in [9.17, 15) is 0 Å². The fourth-order valence-electron chi connectivity index (χ4n) is 2.87. The van der Waals surface area contributed by atoms with Gasteiger partial charge in [0, 0.05) is 18.4 Å². The highest BCUT2D eigenvalue weighted by Gasteiger charge is 2.33. The van der Waals surface area contributed by atoms with Crippen molar-refractivity contribution in [3.05, 3.63) is 30.1 Å². The SMILES string of the molecule is c1cncc(C2CC(C3CCC3)CN2)c1. The molecule has 0 bridgehead atoms. The minimum Gasteiger partial charge on any atom is -0.310 e. The van der Waals surface area contributed by atoms with Gasteiger partial charge in [0.15, 0.2) is 0 Å². The molecule has 1 aromatic rings. The first-order valence-electron chi connectivity index (χ1n) is 6.07. The fourth-order valence-corrected chi connectivity index (χ4v) is 2.87. The van der Waals surface area contributed by atoms with Crippen LogP contribution in [-0.2, 0) is 0 Å². The highest BCUT2D eigenvalue weighted by Crippen LogP contribution is 2.40. The first kappa shape index (κ1) is 9.34. The van der Waals surface area contributed by atoms with E-state index in [0.717, 1.165) is 11.8 Å². The average Bonchev–Trinajstić information content (AvgIpc) is 2.66. The van der Waals surface area contributed by atoms with E-state index in [2.05, 4.69) is 16.4 Å². The Hall–Kier alpha value is -0.890. The highest BCUT2D eigenvalue weighted by molar-refractivity contribution is 5.15. The maximum absolute atomic E-state index is 4.19. The van der Waals surface area contributed by atoms with Gasteiger partial charge in [0.1, 0.15) is 0 Å². The molecule has 1 aliphatic heterocycles. The fraction of sp³-hybridized carbons (Fsp3) is 0.615. The number of nitrogens with one attached hydrogen (secondary N) is 1. The molecule has 1 saturated heterocycles. The van der Waals surface area contributed by atoms with Gasteiger partial charge in [0.2, 0.25) is 0 Å². The van der Waals surface area contributed by atoms with Crippen LogP contribution in [0.5, 0.6) is 0 Å². The van der Waals surface area contributed by atoms with E-state index < -0.39 is 0 Å². The lowest BCUT2D eigenvalue weighted by Crippen LogP contribution is -2.23. The summed E-state index contributed by atoms with van der Waals surface area (Å²) < 4.78 is 0. The van der Waals surface area contributed by atoms with Crippen LogP contribution in [-0.4, -0.2) is 11.5 Å². The third-order valence-corrected chi connectivity index (χ3v) is 4.07. The Balaban J connectivity index is 1.65. The molecular weight excluding hydrogens is 184 g/mol. The number of pyridine rings is 1. The molecule has 1 aromatic heterocycles. The number of aromatic nitrogens is 1. The summed E-state index contributed by atoms with van der Waals surface area (Å²) in [4.78, 5) is 4.19. The molecule has 3 rings (SSSR count). The smallest absolute Gasteiger partial charge is 0.0338 e. The van der Waals surface area contributed by atoms with Crippen LogP contribution in [0.25, 0.3) is 0 Å². The summed E-state index contributed by atoms with van der Waals surface area (Å²) in [6, 6.07) is 4.78. The van der Waals surface area contributed by atoms with Crippen molar-refractivity contribution >= 4 is 0 Å². The van der Waals surface area contributed by atoms with E-state index >= 15 is 0 Å². The average molecular weight is 202 g/mol. The molecule has 1 saturated carbocycles. The molecule has 1 N–H and O–H groups in total. The predicted molar refractivity (Wildman–Crippen MR) is 60.4 cm³/mol. The topological polar surface area (TPSA) is 24.9 Å². The molecule has 2 unspecified atom stereocenters. The second-order valence-electron chi connectivity index (χ2n) is 4.93. The van der Waals surface area contributed by atoms with E-state index in [-0.39, 0.29) is 0 Å². The Morgan fingerprint density at radius 3 is 2.87 bits per heavy atom. The van der Waals surface area contributed by atoms with E-state index in [1.54, 1.807) is 0 Å². The molecule has 15 heavy (non-hydrogen) atoms. The zero-order valence-corrected chi connectivity index (χ0v) is 9.02. The molecule has 0 amide bonds. The van der Waals surface area contributed by atoms with Crippen molar-refractivity contribution in [2.24, 2.45) is 11.8 Å². The Kier molecular flexibility index (Phi) is 2.45. The molecule has 2 atom stereocenters. The van der Waals surface area contributed by atoms with Crippen LogP contribution in [0.2, 0.25) is 0 Å². The van der Waals surface area contributed by atoms with Gasteiger partial charge in [-0.2, -0.15) is 0 Å². The number of nitrogens with zero attached hydrogens (tertiary/aromatic N) is 1. The Labute approximate surface area is 91.1 Å². The monoisotopic (exact) mass is 202 g/mol. The number of rotatable bonds is 2. The zero-order valence-electron chi connectivity index (χ0n) is 9.02. The van der Waals surface area contributed by atoms with Crippen molar-refractivity contribution < 1.29 is 0 Å². The van der Waals surface area contributed by atoms with Crippen molar-refractivity contribution in [1.82, 2.24) is 10.3 Å². The molecule has 0 spiro atoms. The summed E-state index contributed by atoms with van der Waals surface area (Å²) in [5, 5.41) is 3.63. The molecule has 2 aliphatic rings. The largest absolute Gasteiger partial charge is 0.310 e. The maximum Gasteiger partial charge on any atom is 0.0338 e. The van der Waals surface area contributed by atoms with Gasteiger partial charge in [0.25, 0.3) is 0 Å². The summed E-state index contributed by atoms with van der Waals surface area (Å²) in [5.41, 5.74) is 1.36. The molecule has 0 aromatic carbocycles. The second kappa shape index (κ2) is 3.93. The molecule has 2 heterocycles. The first-order valence-corrected chi connectivity index (χ1v) is 6.07. The van der Waals surface area contributed by atoms with Crippen molar-refractivity contribution in [3.63, 3.8) is 0 Å². The van der Waals surface area contributed by atoms with Gasteiger partial charge < -0.3 is 5.32 Å². The van der Waals surface area contributed by atoms with Crippen LogP contribution in [0.4, 0.5) is 0 Å². The third kappa shape index (κ3) is 1.78. The summed E-state index contributed by atoms with van der Waals surface area (Å²) in [7, 11) is 0. The molecular formula is C13H18N2. The van der Waals surface area contributed by atoms with E-state index in [0.29, 0.717) is 6.04 Å². The van der Waals surface area contributed by atoms with Gasteiger partial charge in [-0.05, 0) is 36.4 Å². The Morgan fingerprint density at radius 1 is 1.27 bits per heavy atom. The van der Waals surface area contributed by atoms with Gasteiger partial charge >= 0.3 is 0 Å². The van der Waals surface area contributed by atoms with Gasteiger partial charge in [-0.15, -0.1) is 0 Å². The van der Waals surface area contributed by atoms with Crippen molar-refractivity contribution in [3.8, 4) is 0 Å². The second-order valence-corrected chi connectivity index (χ2v) is 4.93. The van der Waals surface area contributed by atoms with Crippen LogP contribution in [0.1, 0.15) is 37.3 Å². The predicted octanol–water partition coefficient (Wildman–Crippen LogP) is 2.53. The number of hydrogen-bond acceptors (Lipinski definition) is 2. The van der Waals surface area contributed by atoms with E-state index in [4.69, 9.17) is 0 Å². The number of hydrogen-bond donors (Lipinski definition) is 1. The highest BCUT2D eigenvalue weighted by atomic mass is 15.0. The summed E-state index contributed by atoms with van der Waals surface area (Å²) in [5.74, 6) is 1.93. The lowest BCUT2D eigenvalue weighted by Gasteiger charge is -2.30. The van der Waals surface area contributed by atoms with Gasteiger partial charge in [-0.1, -0.05) is 25.3 Å². The minimum atomic E-state index is 0.560. The van der Waals surface area contributed by atoms with Crippen LogP contribution < -0.4 is 5.32 Å². The molecule has 1 aliphatic carbocycles. The van der Waals surface area contributed by atoms with Crippen molar-refractivity contribution in [1.29, 1.82) is 0 Å². The van der Waals surface area contributed by atoms with Crippen molar-refractivity contribution in [2.75, 3.05) is 6.54 Å². The normalized spacial score (nSPS) is 31.5. The third-order valence-electron chi connectivity index (χ3n) is 4.07. The minimum absolute atomic E-state index is 0.560. The molecule has 80 valence electrons. The Bertz CT molecular complexity index is 319. The first-order chi connectivity index (χ1) is 7.43.